The normalized spacial score (nSPS) is 18.3. The predicted octanol–water partition coefficient (Wildman–Crippen LogP) is 2.59. The zero-order valence-corrected chi connectivity index (χ0v) is 32.8. The van der Waals surface area contributed by atoms with Crippen LogP contribution in [0.5, 0.6) is 11.5 Å². The van der Waals surface area contributed by atoms with E-state index < -0.39 is 17.4 Å². The second-order valence-corrected chi connectivity index (χ2v) is 15.0. The highest BCUT2D eigenvalue weighted by molar-refractivity contribution is 6.27. The zero-order chi connectivity index (χ0) is 41.4. The first-order valence-corrected chi connectivity index (χ1v) is 19.4. The van der Waals surface area contributed by atoms with Gasteiger partial charge in [-0.1, -0.05) is 11.3 Å². The minimum atomic E-state index is -1.23. The predicted molar refractivity (Wildman–Crippen MR) is 211 cm³/mol. The summed E-state index contributed by atoms with van der Waals surface area (Å²) in [5.41, 5.74) is 2.90. The highest BCUT2D eigenvalue weighted by atomic mass is 16.5. The van der Waals surface area contributed by atoms with E-state index in [0.717, 1.165) is 21.6 Å². The molecule has 9 rings (SSSR count). The highest BCUT2D eigenvalue weighted by Gasteiger charge is 2.64. The van der Waals surface area contributed by atoms with Gasteiger partial charge in [-0.05, 0) is 55.5 Å². The van der Waals surface area contributed by atoms with Gasteiger partial charge in [0.2, 0.25) is 5.91 Å². The molecular weight excluding hydrogens is 763 g/mol. The molecule has 59 heavy (non-hydrogen) atoms. The fourth-order valence-corrected chi connectivity index (χ4v) is 8.33. The van der Waals surface area contributed by atoms with Crippen molar-refractivity contribution in [3.05, 3.63) is 81.7 Å². The summed E-state index contributed by atoms with van der Waals surface area (Å²) in [6.45, 7) is 1.62. The van der Waals surface area contributed by atoms with Gasteiger partial charge in [-0.2, -0.15) is 5.10 Å². The van der Waals surface area contributed by atoms with E-state index in [4.69, 9.17) is 14.2 Å². The summed E-state index contributed by atoms with van der Waals surface area (Å²) >= 11 is 0. The van der Waals surface area contributed by atoms with Crippen molar-refractivity contribution in [2.45, 2.75) is 57.2 Å². The van der Waals surface area contributed by atoms with E-state index in [2.05, 4.69) is 31.1 Å². The summed E-state index contributed by atoms with van der Waals surface area (Å²) in [7, 11) is 4.85. The van der Waals surface area contributed by atoms with E-state index in [0.29, 0.717) is 72.9 Å². The van der Waals surface area contributed by atoms with Crippen molar-refractivity contribution in [2.75, 3.05) is 39.3 Å². The van der Waals surface area contributed by atoms with E-state index in [1.54, 1.807) is 62.7 Å². The Bertz CT molecular complexity index is 2540. The lowest BCUT2D eigenvalue weighted by molar-refractivity contribution is -0.153. The van der Waals surface area contributed by atoms with Gasteiger partial charge in [-0.3, -0.25) is 38.8 Å². The maximum atomic E-state index is 13.6. The van der Waals surface area contributed by atoms with Crippen LogP contribution >= 0.6 is 0 Å². The van der Waals surface area contributed by atoms with Gasteiger partial charge < -0.3 is 29.4 Å². The van der Waals surface area contributed by atoms with Crippen LogP contribution < -0.4 is 25.7 Å². The molecule has 5 aromatic rings. The van der Waals surface area contributed by atoms with Crippen LogP contribution in [-0.2, 0) is 45.7 Å². The summed E-state index contributed by atoms with van der Waals surface area (Å²) in [6, 6.07) is 8.73. The summed E-state index contributed by atoms with van der Waals surface area (Å²) in [5.74, 6) is -0.707. The minimum Gasteiger partial charge on any atom is -0.496 e. The van der Waals surface area contributed by atoms with Crippen molar-refractivity contribution < 1.29 is 38.2 Å². The summed E-state index contributed by atoms with van der Waals surface area (Å²) in [6.07, 6.45) is 6.66. The number of hydrogen-bond acceptors (Lipinski definition) is 13. The Kier molecular flexibility index (Phi) is 10.6. The van der Waals surface area contributed by atoms with E-state index >= 15 is 0 Å². The van der Waals surface area contributed by atoms with Gasteiger partial charge in [0.05, 0.1) is 70.5 Å². The number of carbonyl (C=O) groups excluding carboxylic acids is 5. The molecule has 3 saturated carbocycles. The lowest BCUT2D eigenvalue weighted by atomic mass is 9.57. The van der Waals surface area contributed by atoms with Gasteiger partial charge in [0.1, 0.15) is 34.0 Å². The van der Waals surface area contributed by atoms with Crippen molar-refractivity contribution in [1.82, 2.24) is 40.0 Å². The lowest BCUT2D eigenvalue weighted by Gasteiger charge is -2.53. The molecule has 2 aromatic carbocycles. The van der Waals surface area contributed by atoms with Crippen LogP contribution in [0.3, 0.4) is 0 Å². The number of imide groups is 1. The standard InChI is InChI=1S/C41H43N9O9/c1-48-22-29(28-20-44-46-37(28)40(48)56)23-14-32(57-2)26(33(15-23)58-3)6-5-9-35(53)42-10-12-59-13-11-49-21-25(45-47-49)19-43-30-8-4-7-27-36(30)39(55)50(38(27)54)41-17-24(18-41)31(51)16-34(41)52/h4,7-8,14-15,20-22,24,43H,5-6,9-13,16-19H2,1-3H3,(H,42,53)(H,44,46). The number of carbonyl (C=O) groups is 5. The molecule has 306 valence electrons. The molecule has 3 N–H and O–H groups in total. The van der Waals surface area contributed by atoms with Gasteiger partial charge >= 0.3 is 0 Å². The molecule has 1 aliphatic heterocycles. The van der Waals surface area contributed by atoms with Gasteiger partial charge in [0, 0.05) is 54.3 Å². The third kappa shape index (κ3) is 7.13. The van der Waals surface area contributed by atoms with Crippen molar-refractivity contribution in [2.24, 2.45) is 13.0 Å². The second kappa shape index (κ2) is 15.9. The fraction of sp³-hybridized carbons (Fsp3) is 0.390. The smallest absolute Gasteiger partial charge is 0.276 e. The number of pyridine rings is 1. The van der Waals surface area contributed by atoms with Crippen molar-refractivity contribution >= 4 is 45.9 Å². The molecule has 18 heteroatoms. The Morgan fingerprint density at radius 1 is 1.00 bits per heavy atom. The molecule has 4 aliphatic rings. The molecule has 0 saturated heterocycles. The van der Waals surface area contributed by atoms with E-state index in [1.807, 2.05) is 12.1 Å². The largest absolute Gasteiger partial charge is 0.496 e. The van der Waals surface area contributed by atoms with Crippen molar-refractivity contribution in [3.8, 4) is 22.6 Å². The van der Waals surface area contributed by atoms with Crippen LogP contribution in [0.15, 0.2) is 53.7 Å². The molecule has 3 fully saturated rings. The van der Waals surface area contributed by atoms with E-state index in [-0.39, 0.29) is 72.3 Å². The molecule has 18 nitrogen and oxygen atoms in total. The number of amides is 3. The van der Waals surface area contributed by atoms with Gasteiger partial charge in [-0.15, -0.1) is 5.10 Å². The monoisotopic (exact) mass is 805 g/mol. The van der Waals surface area contributed by atoms with E-state index in [9.17, 15) is 28.8 Å². The lowest BCUT2D eigenvalue weighted by Crippen LogP contribution is -2.68. The SMILES string of the molecule is COc1cc(-c2cn(C)c(=O)c3[nH]ncc23)cc(OC)c1CCCC(=O)NCCOCCn1cc(CNc2cccc3c2C(=O)N(C24CC(C2)C(=O)CC4=O)C3=O)nn1. The molecule has 3 amide bonds. The summed E-state index contributed by atoms with van der Waals surface area (Å²) < 4.78 is 20.3. The number of H-pyrrole nitrogens is 1. The average Bonchev–Trinajstić information content (AvgIpc) is 3.95. The molecule has 3 aliphatic carbocycles. The number of nitrogens with zero attached hydrogens (tertiary/aromatic N) is 6. The minimum absolute atomic E-state index is 0.109. The van der Waals surface area contributed by atoms with Crippen LogP contribution in [0.1, 0.15) is 64.1 Å². The van der Waals surface area contributed by atoms with Crippen LogP contribution in [-0.4, -0.2) is 103 Å². The second-order valence-electron chi connectivity index (χ2n) is 15.0. The zero-order valence-electron chi connectivity index (χ0n) is 32.8. The molecular formula is C41H43N9O9. The Balaban J connectivity index is 0.765. The third-order valence-corrected chi connectivity index (χ3v) is 11.4. The summed E-state index contributed by atoms with van der Waals surface area (Å²) in [5, 5.41) is 21.9. The molecule has 0 radical (unpaired) electrons. The number of aryl methyl sites for hydroxylation is 1. The van der Waals surface area contributed by atoms with E-state index in [1.165, 1.54) is 4.57 Å². The maximum Gasteiger partial charge on any atom is 0.276 e. The number of rotatable bonds is 17. The van der Waals surface area contributed by atoms with Crippen LogP contribution in [0, 0.1) is 5.92 Å². The molecule has 2 bridgehead atoms. The van der Waals surface area contributed by atoms with Crippen LogP contribution in [0.2, 0.25) is 0 Å². The number of methoxy groups -OCH3 is 2. The number of ether oxygens (including phenoxy) is 3. The number of aromatic amines is 1. The average molecular weight is 806 g/mol. The summed E-state index contributed by atoms with van der Waals surface area (Å²) in [4.78, 5) is 78.1. The third-order valence-electron chi connectivity index (χ3n) is 11.4. The number of ketones is 2. The molecule has 3 aromatic heterocycles. The number of nitrogens with one attached hydrogen (secondary N) is 3. The number of hydrogen-bond donors (Lipinski definition) is 3. The molecule has 0 atom stereocenters. The number of fused-ring (bicyclic) bond motifs is 4. The maximum absolute atomic E-state index is 13.6. The Hall–Kier alpha value is -6.69. The number of aromatic nitrogens is 6. The first-order chi connectivity index (χ1) is 28.5. The van der Waals surface area contributed by atoms with Gasteiger partial charge in [-0.25, -0.2) is 4.68 Å². The molecule has 0 unspecified atom stereocenters. The van der Waals surface area contributed by atoms with Gasteiger partial charge in [0.15, 0.2) is 5.78 Å². The fourth-order valence-electron chi connectivity index (χ4n) is 8.33. The number of anilines is 1. The quantitative estimate of drug-likeness (QED) is 0.0700. The molecule has 0 spiro atoms. The van der Waals surface area contributed by atoms with Crippen LogP contribution in [0.4, 0.5) is 5.69 Å². The highest BCUT2D eigenvalue weighted by Crippen LogP contribution is 2.51. The van der Waals surface area contributed by atoms with Crippen molar-refractivity contribution in [3.63, 3.8) is 0 Å². The Morgan fingerprint density at radius 2 is 1.78 bits per heavy atom. The van der Waals surface area contributed by atoms with Gasteiger partial charge in [0.25, 0.3) is 17.4 Å². The number of Topliss-reactive ketones (excluding diaryl/α,β-unsaturated/α-hetero) is 2. The first-order valence-electron chi connectivity index (χ1n) is 19.4. The Labute approximate surface area is 337 Å². The topological polar surface area (TPSA) is 222 Å². The van der Waals surface area contributed by atoms with Crippen LogP contribution in [0.25, 0.3) is 22.0 Å². The Morgan fingerprint density at radius 3 is 2.53 bits per heavy atom. The molecule has 4 heterocycles. The first kappa shape index (κ1) is 39.2. The number of benzene rings is 2. The van der Waals surface area contributed by atoms with Crippen molar-refractivity contribution in [1.29, 1.82) is 0 Å².